The van der Waals surface area contributed by atoms with Crippen LogP contribution < -0.4 is 5.73 Å². The predicted octanol–water partition coefficient (Wildman–Crippen LogP) is 2.36. The van der Waals surface area contributed by atoms with Crippen molar-refractivity contribution in [1.29, 1.82) is 0 Å². The van der Waals surface area contributed by atoms with Gasteiger partial charge in [-0.15, -0.1) is 0 Å². The maximum Gasteiger partial charge on any atom is 0.145 e. The molecule has 1 aliphatic rings. The van der Waals surface area contributed by atoms with E-state index in [9.17, 15) is 8.78 Å². The molecular formula is C14H20BrF2N3. The third-order valence-corrected chi connectivity index (χ3v) is 4.56. The normalized spacial score (nSPS) is 23.6. The summed E-state index contributed by atoms with van der Waals surface area (Å²) >= 11 is 3.09. The molecule has 2 unspecified atom stereocenters. The molecule has 0 aliphatic carbocycles. The third kappa shape index (κ3) is 3.19. The van der Waals surface area contributed by atoms with Crippen molar-refractivity contribution in [2.45, 2.75) is 18.5 Å². The number of rotatable bonds is 2. The van der Waals surface area contributed by atoms with Gasteiger partial charge in [0.2, 0.25) is 0 Å². The summed E-state index contributed by atoms with van der Waals surface area (Å²) in [6.45, 7) is 2.54. The Balaban J connectivity index is 2.34. The quantitative estimate of drug-likeness (QED) is 0.833. The first-order valence-corrected chi connectivity index (χ1v) is 7.49. The molecule has 0 bridgehead atoms. The second-order valence-corrected chi connectivity index (χ2v) is 6.30. The first kappa shape index (κ1) is 15.8. The van der Waals surface area contributed by atoms with Gasteiger partial charge in [0.05, 0.1) is 10.5 Å². The van der Waals surface area contributed by atoms with Crippen molar-refractivity contribution in [3.63, 3.8) is 0 Å². The van der Waals surface area contributed by atoms with Crippen molar-refractivity contribution >= 4 is 15.9 Å². The molecule has 6 heteroatoms. The Morgan fingerprint density at radius 3 is 2.70 bits per heavy atom. The molecule has 1 aliphatic heterocycles. The standard InChI is InChI=1S/C14H20BrF2N3/c1-19-6-3-7-20(2)11(8-19)14(18)12-10(16)5-4-9(15)13(12)17/h4-5,11,14H,3,6-8,18H2,1-2H3. The second kappa shape index (κ2) is 6.47. The Morgan fingerprint density at radius 2 is 2.00 bits per heavy atom. The van der Waals surface area contributed by atoms with E-state index < -0.39 is 17.7 Å². The zero-order valence-electron chi connectivity index (χ0n) is 11.7. The molecule has 1 heterocycles. The van der Waals surface area contributed by atoms with Crippen LogP contribution in [0.2, 0.25) is 0 Å². The van der Waals surface area contributed by atoms with Crippen LogP contribution in [0.25, 0.3) is 0 Å². The van der Waals surface area contributed by atoms with Gasteiger partial charge < -0.3 is 15.5 Å². The van der Waals surface area contributed by atoms with Gasteiger partial charge in [0.15, 0.2) is 0 Å². The summed E-state index contributed by atoms with van der Waals surface area (Å²) in [5, 5.41) is 0. The monoisotopic (exact) mass is 347 g/mol. The van der Waals surface area contributed by atoms with E-state index in [1.54, 1.807) is 0 Å². The van der Waals surface area contributed by atoms with E-state index in [1.165, 1.54) is 12.1 Å². The molecule has 2 N–H and O–H groups in total. The highest BCUT2D eigenvalue weighted by Gasteiger charge is 2.31. The summed E-state index contributed by atoms with van der Waals surface area (Å²) in [6, 6.07) is 1.81. The Hall–Kier alpha value is -0.560. The SMILES string of the molecule is CN1CCCN(C)C(C(N)c2c(F)ccc(Br)c2F)C1. The minimum Gasteiger partial charge on any atom is -0.322 e. The summed E-state index contributed by atoms with van der Waals surface area (Å²) < 4.78 is 28.4. The van der Waals surface area contributed by atoms with Crippen LogP contribution in [0.1, 0.15) is 18.0 Å². The van der Waals surface area contributed by atoms with Gasteiger partial charge in [0, 0.05) is 18.2 Å². The number of hydrogen-bond acceptors (Lipinski definition) is 3. The minimum atomic E-state index is -0.696. The van der Waals surface area contributed by atoms with Crippen LogP contribution in [0.15, 0.2) is 16.6 Å². The molecule has 1 saturated heterocycles. The molecule has 0 saturated carbocycles. The Labute approximate surface area is 126 Å². The highest BCUT2D eigenvalue weighted by molar-refractivity contribution is 9.10. The van der Waals surface area contributed by atoms with Crippen molar-refractivity contribution in [3.8, 4) is 0 Å². The molecule has 0 radical (unpaired) electrons. The van der Waals surface area contributed by atoms with Crippen LogP contribution in [-0.4, -0.2) is 49.6 Å². The smallest absolute Gasteiger partial charge is 0.145 e. The van der Waals surface area contributed by atoms with Crippen LogP contribution in [0.3, 0.4) is 0 Å². The van der Waals surface area contributed by atoms with Gasteiger partial charge in [0.1, 0.15) is 11.6 Å². The summed E-state index contributed by atoms with van der Waals surface area (Å²) in [5.41, 5.74) is 6.16. The lowest BCUT2D eigenvalue weighted by molar-refractivity contribution is 0.192. The van der Waals surface area contributed by atoms with E-state index in [-0.39, 0.29) is 16.1 Å². The maximum absolute atomic E-state index is 14.2. The van der Waals surface area contributed by atoms with Crippen molar-refractivity contribution in [1.82, 2.24) is 9.80 Å². The molecule has 1 aromatic carbocycles. The largest absolute Gasteiger partial charge is 0.322 e. The van der Waals surface area contributed by atoms with Crippen LogP contribution in [-0.2, 0) is 0 Å². The zero-order chi connectivity index (χ0) is 14.9. The van der Waals surface area contributed by atoms with Gasteiger partial charge in [-0.25, -0.2) is 8.78 Å². The fourth-order valence-electron chi connectivity index (χ4n) is 2.73. The van der Waals surface area contributed by atoms with Gasteiger partial charge in [-0.1, -0.05) is 0 Å². The van der Waals surface area contributed by atoms with Crippen LogP contribution in [0.4, 0.5) is 8.78 Å². The highest BCUT2D eigenvalue weighted by atomic mass is 79.9. The molecule has 112 valence electrons. The lowest BCUT2D eigenvalue weighted by Crippen LogP contribution is -2.45. The summed E-state index contributed by atoms with van der Waals surface area (Å²) in [7, 11) is 3.96. The first-order chi connectivity index (χ1) is 9.41. The number of benzene rings is 1. The molecule has 1 aromatic rings. The van der Waals surface area contributed by atoms with E-state index in [1.807, 2.05) is 14.1 Å². The second-order valence-electron chi connectivity index (χ2n) is 5.45. The molecule has 3 nitrogen and oxygen atoms in total. The van der Waals surface area contributed by atoms with Crippen molar-refractivity contribution in [2.24, 2.45) is 5.73 Å². The summed E-state index contributed by atoms with van der Waals surface area (Å²) in [4.78, 5) is 4.25. The molecule has 1 fully saturated rings. The van der Waals surface area contributed by atoms with Crippen LogP contribution in [0, 0.1) is 11.6 Å². The number of nitrogens with zero attached hydrogens (tertiary/aromatic N) is 2. The van der Waals surface area contributed by atoms with Gasteiger partial charge in [-0.3, -0.25) is 0 Å². The average Bonchev–Trinajstić information content (AvgIpc) is 2.56. The number of likely N-dealkylation sites (N-methyl/N-ethyl adjacent to an activating group) is 2. The van der Waals surface area contributed by atoms with E-state index >= 15 is 0 Å². The van der Waals surface area contributed by atoms with Crippen LogP contribution >= 0.6 is 15.9 Å². The number of hydrogen-bond donors (Lipinski definition) is 1. The van der Waals surface area contributed by atoms with Gasteiger partial charge in [-0.2, -0.15) is 0 Å². The number of halogens is 3. The zero-order valence-corrected chi connectivity index (χ0v) is 13.3. The van der Waals surface area contributed by atoms with E-state index in [2.05, 4.69) is 25.7 Å². The molecular weight excluding hydrogens is 328 g/mol. The molecule has 0 amide bonds. The maximum atomic E-state index is 14.2. The molecule has 2 rings (SSSR count). The number of nitrogens with two attached hydrogens (primary N) is 1. The average molecular weight is 348 g/mol. The minimum absolute atomic E-state index is 0.0356. The molecule has 0 spiro atoms. The van der Waals surface area contributed by atoms with Crippen LogP contribution in [0.5, 0.6) is 0 Å². The first-order valence-electron chi connectivity index (χ1n) is 6.69. The van der Waals surface area contributed by atoms with Crippen molar-refractivity contribution in [3.05, 3.63) is 33.8 Å². The van der Waals surface area contributed by atoms with Gasteiger partial charge >= 0.3 is 0 Å². The Morgan fingerprint density at radius 1 is 1.30 bits per heavy atom. The molecule has 2 atom stereocenters. The van der Waals surface area contributed by atoms with Crippen molar-refractivity contribution in [2.75, 3.05) is 33.7 Å². The molecule has 20 heavy (non-hydrogen) atoms. The topological polar surface area (TPSA) is 32.5 Å². The van der Waals surface area contributed by atoms with Crippen molar-refractivity contribution < 1.29 is 8.78 Å². The fourth-order valence-corrected chi connectivity index (χ4v) is 3.08. The predicted molar refractivity (Wildman–Crippen MR) is 79.5 cm³/mol. The summed E-state index contributed by atoms with van der Waals surface area (Å²) in [5.74, 6) is -1.18. The highest BCUT2D eigenvalue weighted by Crippen LogP contribution is 2.29. The van der Waals surface area contributed by atoms with Gasteiger partial charge in [-0.05, 0) is 61.7 Å². The fraction of sp³-hybridized carbons (Fsp3) is 0.571. The van der Waals surface area contributed by atoms with E-state index in [0.717, 1.165) is 19.5 Å². The van der Waals surface area contributed by atoms with Gasteiger partial charge in [0.25, 0.3) is 0 Å². The Bertz CT molecular complexity index is 484. The van der Waals surface area contributed by atoms with E-state index in [0.29, 0.717) is 6.54 Å². The summed E-state index contributed by atoms with van der Waals surface area (Å²) in [6.07, 6.45) is 1.03. The van der Waals surface area contributed by atoms with E-state index in [4.69, 9.17) is 5.73 Å². The lowest BCUT2D eigenvalue weighted by Gasteiger charge is -2.33. The molecule has 0 aromatic heterocycles. The third-order valence-electron chi connectivity index (χ3n) is 3.94. The lowest BCUT2D eigenvalue weighted by atomic mass is 9.97. The Kier molecular flexibility index (Phi) is 5.12.